The van der Waals surface area contributed by atoms with E-state index < -0.39 is 0 Å². The zero-order valence-corrected chi connectivity index (χ0v) is 15.2. The van der Waals surface area contributed by atoms with E-state index in [1.54, 1.807) is 17.9 Å². The maximum Gasteiger partial charge on any atom is 0.256 e. The Morgan fingerprint density at radius 3 is 2.57 bits per heavy atom. The van der Waals surface area contributed by atoms with Gasteiger partial charge in [-0.15, -0.1) is 6.42 Å². The molecule has 2 aromatic carbocycles. The van der Waals surface area contributed by atoms with Crippen LogP contribution >= 0.6 is 0 Å². The van der Waals surface area contributed by atoms with Gasteiger partial charge in [0.05, 0.1) is 18.3 Å². The summed E-state index contributed by atoms with van der Waals surface area (Å²) in [6.45, 7) is 0. The Hall–Kier alpha value is -4.04. The van der Waals surface area contributed by atoms with Crippen LogP contribution in [0.1, 0.15) is 5.56 Å². The predicted octanol–water partition coefficient (Wildman–Crippen LogP) is 4.12. The van der Waals surface area contributed by atoms with E-state index in [1.165, 1.54) is 6.07 Å². The number of para-hydroxylation sites is 3. The second-order valence-electron chi connectivity index (χ2n) is 6.12. The van der Waals surface area contributed by atoms with Crippen LogP contribution in [-0.2, 0) is 0 Å². The van der Waals surface area contributed by atoms with E-state index in [9.17, 15) is 4.79 Å². The van der Waals surface area contributed by atoms with Crippen LogP contribution in [0.15, 0.2) is 77.7 Å². The Morgan fingerprint density at radius 2 is 1.82 bits per heavy atom. The van der Waals surface area contributed by atoms with Crippen molar-refractivity contribution in [3.05, 3.63) is 88.8 Å². The third-order valence-electron chi connectivity index (χ3n) is 4.44. The molecule has 1 N–H and O–H groups in total. The van der Waals surface area contributed by atoms with Crippen LogP contribution in [0.3, 0.4) is 0 Å². The lowest BCUT2D eigenvalue weighted by atomic mass is 10.1. The third kappa shape index (κ3) is 3.08. The molecule has 0 bridgehead atoms. The van der Waals surface area contributed by atoms with Gasteiger partial charge in [-0.05, 0) is 24.3 Å². The molecule has 0 aliphatic rings. The molecule has 0 aliphatic heterocycles. The van der Waals surface area contributed by atoms with Crippen molar-refractivity contribution in [1.29, 1.82) is 0 Å². The van der Waals surface area contributed by atoms with Crippen LogP contribution in [0.25, 0.3) is 16.6 Å². The first-order valence-corrected chi connectivity index (χ1v) is 8.69. The molecule has 0 aliphatic carbocycles. The summed E-state index contributed by atoms with van der Waals surface area (Å²) < 4.78 is 7.01. The van der Waals surface area contributed by atoms with E-state index in [4.69, 9.17) is 11.2 Å². The molecule has 28 heavy (non-hydrogen) atoms. The van der Waals surface area contributed by atoms with Gasteiger partial charge in [0.25, 0.3) is 5.56 Å². The van der Waals surface area contributed by atoms with Gasteiger partial charge in [-0.1, -0.05) is 36.3 Å². The molecule has 0 saturated heterocycles. The first-order chi connectivity index (χ1) is 13.7. The maximum atomic E-state index is 12.8. The highest BCUT2D eigenvalue weighted by Crippen LogP contribution is 2.28. The molecule has 136 valence electrons. The molecule has 0 radical (unpaired) electrons. The number of anilines is 2. The highest BCUT2D eigenvalue weighted by atomic mass is 16.5. The van der Waals surface area contributed by atoms with Crippen molar-refractivity contribution in [2.45, 2.75) is 0 Å². The van der Waals surface area contributed by atoms with Crippen LogP contribution in [0.2, 0.25) is 0 Å². The van der Waals surface area contributed by atoms with Crippen molar-refractivity contribution in [2.75, 3.05) is 12.4 Å². The number of benzene rings is 2. The third-order valence-corrected chi connectivity index (χ3v) is 4.44. The van der Waals surface area contributed by atoms with E-state index in [1.807, 2.05) is 60.7 Å². The molecule has 0 spiro atoms. The number of methoxy groups -OCH3 is 1. The van der Waals surface area contributed by atoms with E-state index in [2.05, 4.69) is 16.2 Å². The number of rotatable bonds is 4. The van der Waals surface area contributed by atoms with Gasteiger partial charge in [-0.25, -0.2) is 4.98 Å². The van der Waals surface area contributed by atoms with Crippen molar-refractivity contribution < 1.29 is 4.74 Å². The predicted molar refractivity (Wildman–Crippen MR) is 112 cm³/mol. The number of hydrogen-bond acceptors (Lipinski definition) is 4. The lowest BCUT2D eigenvalue weighted by Gasteiger charge is -2.14. The molecule has 4 rings (SSSR count). The van der Waals surface area contributed by atoms with Gasteiger partial charge in [0.2, 0.25) is 0 Å². The maximum absolute atomic E-state index is 12.8. The second-order valence-corrected chi connectivity index (χ2v) is 6.12. The second kappa shape index (κ2) is 7.29. The monoisotopic (exact) mass is 367 g/mol. The summed E-state index contributed by atoms with van der Waals surface area (Å²) >= 11 is 0. The van der Waals surface area contributed by atoms with Crippen molar-refractivity contribution >= 4 is 22.4 Å². The molecule has 2 heterocycles. The molecule has 5 heteroatoms. The molecule has 0 fully saturated rings. The summed E-state index contributed by atoms with van der Waals surface area (Å²) in [7, 11) is 1.61. The highest BCUT2D eigenvalue weighted by molar-refractivity contribution is 5.88. The molecule has 0 atom stereocenters. The number of hydrogen-bond donors (Lipinski definition) is 1. The quantitative estimate of drug-likeness (QED) is 0.551. The molecule has 2 aromatic heterocycles. The average Bonchev–Trinajstić information content (AvgIpc) is 2.74. The average molecular weight is 367 g/mol. The molecule has 0 saturated carbocycles. The van der Waals surface area contributed by atoms with Gasteiger partial charge in [-0.3, -0.25) is 9.36 Å². The number of terminal acetylenes is 1. The minimum atomic E-state index is -0.193. The van der Waals surface area contributed by atoms with Gasteiger partial charge in [0.15, 0.2) is 0 Å². The first kappa shape index (κ1) is 17.4. The van der Waals surface area contributed by atoms with E-state index in [-0.39, 0.29) is 5.56 Å². The summed E-state index contributed by atoms with van der Waals surface area (Å²) in [5.41, 5.74) is 2.54. The summed E-state index contributed by atoms with van der Waals surface area (Å²) in [6.07, 6.45) is 7.30. The van der Waals surface area contributed by atoms with Crippen LogP contribution in [0.4, 0.5) is 11.5 Å². The Bertz CT molecular complexity index is 1250. The van der Waals surface area contributed by atoms with Crippen LogP contribution in [-0.4, -0.2) is 16.7 Å². The Balaban J connectivity index is 1.93. The fraction of sp³-hybridized carbons (Fsp3) is 0.0435. The number of nitrogens with zero attached hydrogens (tertiary/aromatic N) is 2. The fourth-order valence-corrected chi connectivity index (χ4v) is 3.14. The first-order valence-electron chi connectivity index (χ1n) is 8.69. The van der Waals surface area contributed by atoms with Gasteiger partial charge in [0.1, 0.15) is 11.6 Å². The molecule has 0 amide bonds. The lowest BCUT2D eigenvalue weighted by molar-refractivity contribution is 0.417. The van der Waals surface area contributed by atoms with Crippen molar-refractivity contribution in [3.63, 3.8) is 0 Å². The summed E-state index contributed by atoms with van der Waals surface area (Å²) in [5.74, 6) is 3.86. The van der Waals surface area contributed by atoms with Crippen molar-refractivity contribution in [3.8, 4) is 23.8 Å². The van der Waals surface area contributed by atoms with Gasteiger partial charge in [-0.2, -0.15) is 0 Å². The number of ether oxygens (including phenoxy) is 1. The van der Waals surface area contributed by atoms with Gasteiger partial charge >= 0.3 is 0 Å². The molecular weight excluding hydrogens is 350 g/mol. The minimum absolute atomic E-state index is 0.193. The number of aromatic nitrogens is 2. The smallest absolute Gasteiger partial charge is 0.256 e. The topological polar surface area (TPSA) is 56.2 Å². The fourth-order valence-electron chi connectivity index (χ4n) is 3.14. The number of fused-ring (bicyclic) bond motifs is 1. The Morgan fingerprint density at radius 1 is 1.07 bits per heavy atom. The largest absolute Gasteiger partial charge is 0.495 e. The lowest BCUT2D eigenvalue weighted by Crippen LogP contribution is -2.19. The van der Waals surface area contributed by atoms with Crippen LogP contribution in [0, 0.1) is 12.3 Å². The van der Waals surface area contributed by atoms with Crippen LogP contribution < -0.4 is 15.6 Å². The van der Waals surface area contributed by atoms with Crippen LogP contribution in [0.5, 0.6) is 5.75 Å². The minimum Gasteiger partial charge on any atom is -0.495 e. The number of nitrogens with one attached hydrogen (secondary N) is 1. The van der Waals surface area contributed by atoms with E-state index in [0.717, 1.165) is 16.8 Å². The normalized spacial score (nSPS) is 10.4. The van der Waals surface area contributed by atoms with Crippen molar-refractivity contribution in [1.82, 2.24) is 9.55 Å². The number of pyridine rings is 2. The summed E-state index contributed by atoms with van der Waals surface area (Å²) in [4.78, 5) is 17.3. The molecular formula is C23H17N3O2. The van der Waals surface area contributed by atoms with Crippen molar-refractivity contribution in [2.24, 2.45) is 0 Å². The SMILES string of the molecule is C#Cc1cc(=O)n(-c2ccccc2)c2cc(Nc3ccccc3OC)ncc12. The van der Waals surface area contributed by atoms with Gasteiger partial charge in [0, 0.05) is 35.0 Å². The van der Waals surface area contributed by atoms with E-state index >= 15 is 0 Å². The summed E-state index contributed by atoms with van der Waals surface area (Å²) in [6, 6.07) is 20.3. The zero-order chi connectivity index (χ0) is 19.5. The zero-order valence-electron chi connectivity index (χ0n) is 15.2. The highest BCUT2D eigenvalue weighted by Gasteiger charge is 2.12. The van der Waals surface area contributed by atoms with Gasteiger partial charge < -0.3 is 10.1 Å². The Labute approximate surface area is 162 Å². The van der Waals surface area contributed by atoms with E-state index in [0.29, 0.717) is 22.6 Å². The summed E-state index contributed by atoms with van der Waals surface area (Å²) in [5, 5.41) is 3.98. The molecule has 0 unspecified atom stereocenters. The molecule has 5 nitrogen and oxygen atoms in total. The standard InChI is InChI=1S/C23H17N3O2/c1-3-16-13-23(27)26(17-9-5-4-6-10-17)20-14-22(24-15-18(16)20)25-19-11-7-8-12-21(19)28-2/h1,4-15H,2H3,(H,24,25). The Kier molecular flexibility index (Phi) is 4.53. The molecule has 4 aromatic rings.